The highest BCUT2D eigenvalue weighted by atomic mass is 35.5. The molecule has 0 radical (unpaired) electrons. The summed E-state index contributed by atoms with van der Waals surface area (Å²) in [4.78, 5) is 12.4. The maximum Gasteiger partial charge on any atom is 0.255 e. The van der Waals surface area contributed by atoms with Gasteiger partial charge in [-0.15, -0.1) is 0 Å². The molecule has 1 amide bonds. The van der Waals surface area contributed by atoms with Crippen LogP contribution in [0.5, 0.6) is 0 Å². The van der Waals surface area contributed by atoms with Gasteiger partial charge in [-0.3, -0.25) is 4.79 Å². The maximum absolute atomic E-state index is 13.6. The summed E-state index contributed by atoms with van der Waals surface area (Å²) < 4.78 is 93.6. The molecule has 0 heterocycles. The second-order valence-electron chi connectivity index (χ2n) is 9.54. The normalized spacial score (nSPS) is 26.1. The van der Waals surface area contributed by atoms with Crippen molar-refractivity contribution in [2.24, 2.45) is 17.8 Å². The van der Waals surface area contributed by atoms with Crippen LogP contribution >= 0.6 is 11.6 Å². The fourth-order valence-electron chi connectivity index (χ4n) is 5.42. The number of rotatable bonds is 6. The van der Waals surface area contributed by atoms with Crippen molar-refractivity contribution in [1.82, 2.24) is 4.72 Å². The van der Waals surface area contributed by atoms with Crippen molar-refractivity contribution in [3.8, 4) is 0 Å². The van der Waals surface area contributed by atoms with Gasteiger partial charge in [0.25, 0.3) is 5.91 Å². The van der Waals surface area contributed by atoms with Crippen molar-refractivity contribution >= 4 is 43.1 Å². The molecule has 2 fully saturated rings. The molecule has 0 saturated heterocycles. The molecule has 2 aliphatic carbocycles. The molecule has 2 aromatic carbocycles. The number of carbonyl (C=O) groups is 1. The quantitative estimate of drug-likeness (QED) is 0.513. The molecule has 2 N–H and O–H groups in total. The number of nitrogens with one attached hydrogen (secondary N) is 2. The molecule has 0 spiro atoms. The Morgan fingerprint density at radius 2 is 1.64 bits per heavy atom. The van der Waals surface area contributed by atoms with Crippen molar-refractivity contribution < 1.29 is 34.8 Å². The fraction of sp³-hybridized carbons (Fsp3) is 0.435. The van der Waals surface area contributed by atoms with Crippen molar-refractivity contribution in [1.29, 1.82) is 0 Å². The summed E-state index contributed by atoms with van der Waals surface area (Å²) in [6, 6.07) is 4.45. The zero-order valence-electron chi connectivity index (χ0n) is 19.3. The largest absolute Gasteiger partial charge is 0.322 e. The topological polar surface area (TPSA) is 109 Å². The van der Waals surface area contributed by atoms with Gasteiger partial charge in [-0.25, -0.2) is 34.7 Å². The number of hydrogen-bond donors (Lipinski definition) is 2. The minimum atomic E-state index is -4.02. The van der Waals surface area contributed by atoms with Crippen LogP contribution in [0.3, 0.4) is 0 Å². The van der Waals surface area contributed by atoms with Crippen LogP contribution in [0.15, 0.2) is 35.2 Å². The van der Waals surface area contributed by atoms with Crippen LogP contribution < -0.4 is 10.0 Å². The van der Waals surface area contributed by atoms with E-state index in [1.807, 2.05) is 6.92 Å². The second-order valence-corrected chi connectivity index (χ2v) is 13.9. The van der Waals surface area contributed by atoms with Crippen molar-refractivity contribution in [2.45, 2.75) is 42.4 Å². The summed E-state index contributed by atoms with van der Waals surface area (Å²) in [6.45, 7) is 1.97. The van der Waals surface area contributed by atoms with Crippen LogP contribution in [0.2, 0.25) is 5.02 Å². The monoisotopic (exact) mass is 564 g/mol. The first-order valence-electron chi connectivity index (χ1n) is 11.1. The molecule has 4 rings (SSSR count). The lowest BCUT2D eigenvalue weighted by molar-refractivity contribution is 0.102. The predicted molar refractivity (Wildman–Crippen MR) is 128 cm³/mol. The first-order valence-corrected chi connectivity index (χ1v) is 15.0. The molecule has 0 aromatic heterocycles. The molecule has 2 unspecified atom stereocenters. The van der Waals surface area contributed by atoms with E-state index >= 15 is 0 Å². The summed E-state index contributed by atoms with van der Waals surface area (Å²) >= 11 is 6.21. The minimum absolute atomic E-state index is 0.0952. The van der Waals surface area contributed by atoms with Crippen molar-refractivity contribution in [3.05, 3.63) is 58.4 Å². The number of sulfonamides is 1. The third-order valence-corrected chi connectivity index (χ3v) is 10.4. The standard InChI is InChI=1S/C23H24ClF3N2O5S2/c1-11-5-13-6-15(10-16(11)22(13)29-35(2,31)32)36(33,34)20-7-12(3-4-17(20)24)23(30)28-14-8-18(25)21(27)19(26)9-14/h3-4,7-9,11,13,15-16,22,29H,5-6,10H2,1-2H3,(H,28,30)/t11-,13?,15+,16+,22?/m0/s1. The number of fused-ring (bicyclic) bond motifs is 2. The molecule has 36 heavy (non-hydrogen) atoms. The highest BCUT2D eigenvalue weighted by Crippen LogP contribution is 2.49. The molecular formula is C23H24ClF3N2O5S2. The summed E-state index contributed by atoms with van der Waals surface area (Å²) in [7, 11) is -7.48. The number of amides is 1. The number of benzene rings is 2. The Morgan fingerprint density at radius 1 is 1.00 bits per heavy atom. The van der Waals surface area contributed by atoms with E-state index in [9.17, 15) is 34.8 Å². The molecular weight excluding hydrogens is 541 g/mol. The van der Waals surface area contributed by atoms with Crippen LogP contribution in [-0.2, 0) is 19.9 Å². The Labute approximate surface area is 212 Å². The van der Waals surface area contributed by atoms with Gasteiger partial charge >= 0.3 is 0 Å². The van der Waals surface area contributed by atoms with Gasteiger partial charge in [0.1, 0.15) is 0 Å². The van der Waals surface area contributed by atoms with Gasteiger partial charge < -0.3 is 5.32 Å². The lowest BCUT2D eigenvalue weighted by Crippen LogP contribution is -2.47. The van der Waals surface area contributed by atoms with E-state index < -0.39 is 48.5 Å². The maximum atomic E-state index is 13.6. The van der Waals surface area contributed by atoms with E-state index in [2.05, 4.69) is 10.0 Å². The third kappa shape index (κ3) is 5.27. The van der Waals surface area contributed by atoms with E-state index in [4.69, 9.17) is 11.6 Å². The Morgan fingerprint density at radius 3 is 2.22 bits per heavy atom. The molecule has 2 aliphatic rings. The summed E-state index contributed by atoms with van der Waals surface area (Å²) in [5, 5.41) is 1.29. The number of anilines is 1. The molecule has 13 heteroatoms. The zero-order chi connectivity index (χ0) is 26.6. The SMILES string of the molecule is C[C@H]1CC2C[C@@H](S(=O)(=O)c3cc(C(=O)Nc4cc(F)c(F)c(F)c4)ccc3Cl)C[C@H]1C2NS(C)(=O)=O. The van der Waals surface area contributed by atoms with E-state index in [-0.39, 0.29) is 57.8 Å². The van der Waals surface area contributed by atoms with E-state index in [0.717, 1.165) is 12.3 Å². The number of carbonyl (C=O) groups excluding carboxylic acids is 1. The Bertz CT molecular complexity index is 1410. The number of hydrogen-bond acceptors (Lipinski definition) is 5. The average Bonchev–Trinajstić information content (AvgIpc) is 2.93. The molecule has 5 atom stereocenters. The Balaban J connectivity index is 1.59. The van der Waals surface area contributed by atoms with Gasteiger partial charge in [-0.05, 0) is 55.2 Å². The van der Waals surface area contributed by atoms with E-state index in [1.165, 1.54) is 12.1 Å². The minimum Gasteiger partial charge on any atom is -0.322 e. The second kappa shape index (κ2) is 9.62. The lowest BCUT2D eigenvalue weighted by atomic mass is 9.83. The molecule has 7 nitrogen and oxygen atoms in total. The van der Waals surface area contributed by atoms with Gasteiger partial charge in [0, 0.05) is 29.4 Å². The summed E-state index contributed by atoms with van der Waals surface area (Å²) in [6.07, 6.45) is 2.22. The molecule has 0 aliphatic heterocycles. The Hall–Kier alpha value is -2.15. The summed E-state index contributed by atoms with van der Waals surface area (Å²) in [5.41, 5.74) is -0.482. The first kappa shape index (κ1) is 26.9. The van der Waals surface area contributed by atoms with Crippen LogP contribution in [-0.4, -0.2) is 40.3 Å². The first-order chi connectivity index (χ1) is 16.7. The molecule has 2 aromatic rings. The van der Waals surface area contributed by atoms with Gasteiger partial charge in [0.05, 0.1) is 21.4 Å². The van der Waals surface area contributed by atoms with Crippen LogP contribution in [0.1, 0.15) is 36.5 Å². The average molecular weight is 565 g/mol. The van der Waals surface area contributed by atoms with Crippen LogP contribution in [0, 0.1) is 35.2 Å². The molecule has 2 saturated carbocycles. The van der Waals surface area contributed by atoms with Gasteiger partial charge in [0.15, 0.2) is 27.3 Å². The van der Waals surface area contributed by atoms with Crippen molar-refractivity contribution in [3.63, 3.8) is 0 Å². The molecule has 2 bridgehead atoms. The molecule has 196 valence electrons. The number of halogens is 4. The van der Waals surface area contributed by atoms with Crippen LogP contribution in [0.25, 0.3) is 0 Å². The highest BCUT2D eigenvalue weighted by Gasteiger charge is 2.51. The van der Waals surface area contributed by atoms with Gasteiger partial charge in [-0.2, -0.15) is 0 Å². The lowest BCUT2D eigenvalue weighted by Gasteiger charge is -2.35. The fourth-order valence-corrected chi connectivity index (χ4v) is 8.69. The van der Waals surface area contributed by atoms with E-state index in [0.29, 0.717) is 18.6 Å². The van der Waals surface area contributed by atoms with Crippen LogP contribution in [0.4, 0.5) is 18.9 Å². The predicted octanol–water partition coefficient (Wildman–Crippen LogP) is 4.14. The smallest absolute Gasteiger partial charge is 0.255 e. The van der Waals surface area contributed by atoms with Crippen molar-refractivity contribution in [2.75, 3.05) is 11.6 Å². The van der Waals surface area contributed by atoms with Gasteiger partial charge in [-0.1, -0.05) is 18.5 Å². The Kier molecular flexibility index (Phi) is 7.19. The zero-order valence-corrected chi connectivity index (χ0v) is 21.7. The third-order valence-electron chi connectivity index (χ3n) is 7.01. The van der Waals surface area contributed by atoms with Gasteiger partial charge in [0.2, 0.25) is 10.0 Å². The highest BCUT2D eigenvalue weighted by molar-refractivity contribution is 7.92. The summed E-state index contributed by atoms with van der Waals surface area (Å²) in [5.74, 6) is -5.75. The number of sulfone groups is 1. The van der Waals surface area contributed by atoms with E-state index in [1.54, 1.807) is 0 Å².